The van der Waals surface area contributed by atoms with Crippen LogP contribution in [0.2, 0.25) is 0 Å². The molecule has 2 fully saturated rings. The van der Waals surface area contributed by atoms with E-state index in [0.717, 1.165) is 70.5 Å². The molecule has 9 nitrogen and oxygen atoms in total. The van der Waals surface area contributed by atoms with Gasteiger partial charge in [-0.3, -0.25) is 4.79 Å². The Balaban J connectivity index is 1.34. The van der Waals surface area contributed by atoms with Crippen LogP contribution in [0.4, 0.5) is 10.8 Å². The second-order valence-electron chi connectivity index (χ2n) is 10.3. The first-order valence-corrected chi connectivity index (χ1v) is 14.6. The lowest BCUT2D eigenvalue weighted by atomic mass is 10.1. The summed E-state index contributed by atoms with van der Waals surface area (Å²) in [6.07, 6.45) is 3.90. The molecule has 0 saturated carbocycles. The number of pyridine rings is 1. The van der Waals surface area contributed by atoms with Crippen molar-refractivity contribution in [2.45, 2.75) is 25.8 Å². The van der Waals surface area contributed by atoms with Crippen molar-refractivity contribution in [3.63, 3.8) is 0 Å². The predicted molar refractivity (Wildman–Crippen MR) is 156 cm³/mol. The minimum atomic E-state index is -0.630. The number of benzene rings is 2. The number of ether oxygens (including phenoxy) is 3. The molecule has 40 heavy (non-hydrogen) atoms. The first-order chi connectivity index (χ1) is 19.6. The first kappa shape index (κ1) is 25.1. The molecule has 0 spiro atoms. The molecule has 0 amide bonds. The molecule has 0 bridgehead atoms. The Kier molecular flexibility index (Phi) is 6.44. The van der Waals surface area contributed by atoms with Gasteiger partial charge in [-0.2, -0.15) is 0 Å². The SMILES string of the molecule is CCOC(=O)c1cn(-c2ccc3nc(N4CCOCC4)sc3c2)c(-c2ccc3c(c2)OCC2CCCN32)cc1=O. The molecule has 206 valence electrons. The number of carbonyl (C=O) groups is 1. The standard InChI is InChI=1S/C30H30N4O5S/c1-2-38-29(36)22-17-34(20-6-7-23-28(15-20)40-30(31-23)32-10-12-37-13-11-32)25(16-26(22)35)19-5-8-24-27(14-19)39-18-21-4-3-9-33(21)24/h5-8,14-17,21H,2-4,9-13,18H2,1H3. The Bertz CT molecular complexity index is 1660. The third-order valence-electron chi connectivity index (χ3n) is 7.84. The number of nitrogens with zero attached hydrogens (tertiary/aromatic N) is 4. The average Bonchev–Trinajstić information content (AvgIpc) is 3.64. The van der Waals surface area contributed by atoms with E-state index in [1.807, 2.05) is 28.8 Å². The van der Waals surface area contributed by atoms with Gasteiger partial charge in [0.05, 0.1) is 47.5 Å². The smallest absolute Gasteiger partial charge is 0.343 e. The molecule has 5 heterocycles. The Morgan fingerprint density at radius 3 is 2.85 bits per heavy atom. The molecule has 0 radical (unpaired) electrons. The number of hydrogen-bond acceptors (Lipinski definition) is 9. The van der Waals surface area contributed by atoms with Crippen molar-refractivity contribution in [2.75, 3.05) is 55.9 Å². The highest BCUT2D eigenvalue weighted by molar-refractivity contribution is 7.22. The molecule has 0 aliphatic carbocycles. The lowest BCUT2D eigenvalue weighted by molar-refractivity contribution is 0.0524. The van der Waals surface area contributed by atoms with Gasteiger partial charge in [-0.15, -0.1) is 0 Å². The van der Waals surface area contributed by atoms with Gasteiger partial charge in [-0.1, -0.05) is 17.4 Å². The van der Waals surface area contributed by atoms with Crippen LogP contribution in [0.3, 0.4) is 0 Å². The monoisotopic (exact) mass is 558 g/mol. The highest BCUT2D eigenvalue weighted by atomic mass is 32.1. The third-order valence-corrected chi connectivity index (χ3v) is 8.92. The topological polar surface area (TPSA) is 86.1 Å². The highest BCUT2D eigenvalue weighted by Gasteiger charge is 2.31. The van der Waals surface area contributed by atoms with Crippen LogP contribution in [0.1, 0.15) is 30.1 Å². The molecule has 0 N–H and O–H groups in total. The maximum atomic E-state index is 13.2. The van der Waals surface area contributed by atoms with Crippen molar-refractivity contribution >= 4 is 38.3 Å². The van der Waals surface area contributed by atoms with Gasteiger partial charge in [0.1, 0.15) is 17.9 Å². The fourth-order valence-corrected chi connectivity index (χ4v) is 6.86. The van der Waals surface area contributed by atoms with Gasteiger partial charge in [0, 0.05) is 43.1 Å². The molecular formula is C30H30N4O5S. The third kappa shape index (κ3) is 4.41. The highest BCUT2D eigenvalue weighted by Crippen LogP contribution is 2.41. The van der Waals surface area contributed by atoms with Crippen molar-refractivity contribution in [2.24, 2.45) is 0 Å². The molecule has 1 unspecified atom stereocenters. The van der Waals surface area contributed by atoms with Crippen molar-refractivity contribution in [3.8, 4) is 22.7 Å². The van der Waals surface area contributed by atoms with E-state index in [1.54, 1.807) is 24.5 Å². The molecule has 2 saturated heterocycles. The second-order valence-corrected chi connectivity index (χ2v) is 11.3. The second kappa shape index (κ2) is 10.3. The van der Waals surface area contributed by atoms with Crippen molar-refractivity contribution < 1.29 is 19.0 Å². The Morgan fingerprint density at radius 1 is 1.12 bits per heavy atom. The van der Waals surface area contributed by atoms with Crippen LogP contribution >= 0.6 is 11.3 Å². The summed E-state index contributed by atoms with van der Waals surface area (Å²) in [5.74, 6) is 0.187. The van der Waals surface area contributed by atoms with Crippen LogP contribution in [0.15, 0.2) is 53.5 Å². The first-order valence-electron chi connectivity index (χ1n) is 13.8. The number of carbonyl (C=O) groups excluding carboxylic acids is 1. The molecule has 2 aromatic heterocycles. The number of aromatic nitrogens is 2. The average molecular weight is 559 g/mol. The lowest BCUT2D eigenvalue weighted by Crippen LogP contribution is -2.38. The largest absolute Gasteiger partial charge is 0.489 e. The van der Waals surface area contributed by atoms with Crippen LogP contribution in [0.5, 0.6) is 5.75 Å². The van der Waals surface area contributed by atoms with Gasteiger partial charge < -0.3 is 28.6 Å². The number of esters is 1. The van der Waals surface area contributed by atoms with E-state index in [0.29, 0.717) is 31.6 Å². The van der Waals surface area contributed by atoms with Gasteiger partial charge in [-0.05, 0) is 50.1 Å². The Morgan fingerprint density at radius 2 is 2.00 bits per heavy atom. The summed E-state index contributed by atoms with van der Waals surface area (Å²) in [7, 11) is 0. The Labute approximate surface area is 235 Å². The molecule has 3 aliphatic heterocycles. The maximum absolute atomic E-state index is 13.2. The number of anilines is 2. The number of morpholine rings is 1. The van der Waals surface area contributed by atoms with Crippen molar-refractivity contribution in [3.05, 3.63) is 64.4 Å². The van der Waals surface area contributed by atoms with E-state index in [1.165, 1.54) is 6.07 Å². The van der Waals surface area contributed by atoms with E-state index in [-0.39, 0.29) is 17.6 Å². The summed E-state index contributed by atoms with van der Waals surface area (Å²) < 4.78 is 19.8. The molecule has 2 aromatic carbocycles. The molecular weight excluding hydrogens is 528 g/mol. The molecule has 3 aliphatic rings. The normalized spacial score (nSPS) is 18.4. The van der Waals surface area contributed by atoms with Crippen molar-refractivity contribution in [1.82, 2.24) is 9.55 Å². The van der Waals surface area contributed by atoms with Crippen LogP contribution in [0, 0.1) is 0 Å². The maximum Gasteiger partial charge on any atom is 0.343 e. The van der Waals surface area contributed by atoms with Gasteiger partial charge in [0.15, 0.2) is 10.6 Å². The minimum absolute atomic E-state index is 0.00174. The summed E-state index contributed by atoms with van der Waals surface area (Å²) >= 11 is 1.63. The van der Waals surface area contributed by atoms with E-state index < -0.39 is 5.97 Å². The number of rotatable bonds is 5. The van der Waals surface area contributed by atoms with Crippen LogP contribution in [-0.4, -0.2) is 67.6 Å². The zero-order valence-electron chi connectivity index (χ0n) is 22.3. The van der Waals surface area contributed by atoms with E-state index >= 15 is 0 Å². The van der Waals surface area contributed by atoms with Crippen LogP contribution < -0.4 is 20.0 Å². The van der Waals surface area contributed by atoms with E-state index in [9.17, 15) is 9.59 Å². The van der Waals surface area contributed by atoms with Gasteiger partial charge >= 0.3 is 5.97 Å². The fraction of sp³-hybridized carbons (Fsp3) is 0.367. The molecule has 10 heteroatoms. The number of hydrogen-bond donors (Lipinski definition) is 0. The summed E-state index contributed by atoms with van der Waals surface area (Å²) in [6, 6.07) is 14.1. The number of fused-ring (bicyclic) bond motifs is 4. The summed E-state index contributed by atoms with van der Waals surface area (Å²) in [5, 5.41) is 0.967. The quantitative estimate of drug-likeness (QED) is 0.332. The van der Waals surface area contributed by atoms with E-state index in [2.05, 4.69) is 21.9 Å². The molecule has 4 aromatic rings. The summed E-state index contributed by atoms with van der Waals surface area (Å²) in [4.78, 5) is 35.4. The lowest BCUT2D eigenvalue weighted by Gasteiger charge is -2.33. The van der Waals surface area contributed by atoms with E-state index in [4.69, 9.17) is 19.2 Å². The van der Waals surface area contributed by atoms with Crippen molar-refractivity contribution in [1.29, 1.82) is 0 Å². The fourth-order valence-electron chi connectivity index (χ4n) is 5.81. The molecule has 7 rings (SSSR count). The zero-order chi connectivity index (χ0) is 27.2. The predicted octanol–water partition coefficient (Wildman–Crippen LogP) is 4.49. The van der Waals surface area contributed by atoms with Crippen LogP contribution in [0.25, 0.3) is 27.2 Å². The number of thiazole rings is 1. The van der Waals surface area contributed by atoms with Crippen LogP contribution in [-0.2, 0) is 9.47 Å². The summed E-state index contributed by atoms with van der Waals surface area (Å²) in [6.45, 7) is 6.64. The van der Waals surface area contributed by atoms with Gasteiger partial charge in [0.25, 0.3) is 0 Å². The summed E-state index contributed by atoms with van der Waals surface area (Å²) in [5.41, 5.74) is 3.95. The Hall–Kier alpha value is -3.89. The van der Waals surface area contributed by atoms with Gasteiger partial charge in [0.2, 0.25) is 0 Å². The minimum Gasteiger partial charge on any atom is -0.489 e. The van der Waals surface area contributed by atoms with Gasteiger partial charge in [-0.25, -0.2) is 9.78 Å². The zero-order valence-corrected chi connectivity index (χ0v) is 23.1. The molecule has 1 atom stereocenters.